The Kier molecular flexibility index (Phi) is 3.99. The first kappa shape index (κ1) is 13.1. The van der Waals surface area contributed by atoms with Crippen molar-refractivity contribution in [1.29, 1.82) is 0 Å². The van der Waals surface area contributed by atoms with Gasteiger partial charge in [-0.1, -0.05) is 25.9 Å². The van der Waals surface area contributed by atoms with Gasteiger partial charge in [-0.05, 0) is 55.3 Å². The summed E-state index contributed by atoms with van der Waals surface area (Å²) in [6, 6.07) is 5.26. The minimum atomic E-state index is -4.38. The molecule has 0 aromatic heterocycles. The van der Waals surface area contributed by atoms with Crippen LogP contribution in [0, 0.1) is 5.92 Å². The van der Waals surface area contributed by atoms with Gasteiger partial charge in [0.1, 0.15) is 5.75 Å². The zero-order valence-corrected chi connectivity index (χ0v) is 15.1. The van der Waals surface area contributed by atoms with Crippen LogP contribution in [0.25, 0.3) is 0 Å². The minimum absolute atomic E-state index is 0.123. The van der Waals surface area contributed by atoms with Crippen LogP contribution < -0.4 is 9.44 Å². The maximum absolute atomic E-state index is 12.5. The molecule has 1 aliphatic carbocycles. The molecule has 2 aliphatic rings. The van der Waals surface area contributed by atoms with Crippen molar-refractivity contribution in [3.05, 3.63) is 29.3 Å². The third-order valence-corrected chi connectivity index (χ3v) is 6.23. The number of fused-ring (bicyclic) bond motifs is 2. The molecule has 3 atom stereocenters. The Morgan fingerprint density at radius 1 is 1.44 bits per heavy atom. The molecule has 1 heterocycles. The lowest BCUT2D eigenvalue weighted by atomic mass is 9.74. The highest BCUT2D eigenvalue weighted by molar-refractivity contribution is 7.87. The number of likely N-dealkylation sites (tertiary alicyclic amines) is 1. The molecular formula is C18H29N3O3S. The van der Waals surface area contributed by atoms with Crippen LogP contribution in [0.15, 0.2) is 18.2 Å². The highest BCUT2D eigenvalue weighted by Crippen LogP contribution is 2.38. The molecule has 25 heavy (non-hydrogen) atoms. The Morgan fingerprint density at radius 2 is 2.28 bits per heavy atom. The van der Waals surface area contributed by atoms with Crippen LogP contribution in [-0.2, 0) is 23.1 Å². The summed E-state index contributed by atoms with van der Waals surface area (Å²) in [5.74, 6) is 0.376. The maximum atomic E-state index is 12.5. The molecule has 0 saturated carbocycles. The number of aromatic hydroxyl groups is 1. The van der Waals surface area contributed by atoms with Crippen molar-refractivity contribution in [1.82, 2.24) is 14.3 Å². The lowest BCUT2D eigenvalue weighted by Crippen LogP contribution is -2.59. The van der Waals surface area contributed by atoms with Crippen LogP contribution in [0.4, 0.5) is 0 Å². The van der Waals surface area contributed by atoms with E-state index < -0.39 is 29.6 Å². The van der Waals surface area contributed by atoms with Crippen molar-refractivity contribution in [3.63, 3.8) is 0 Å². The first-order valence-electron chi connectivity index (χ1n) is 11.2. The fraction of sp³-hybridized carbons (Fsp3) is 0.667. The van der Waals surface area contributed by atoms with Gasteiger partial charge in [0.2, 0.25) is 0 Å². The van der Waals surface area contributed by atoms with Gasteiger partial charge in [0.05, 0.1) is 0 Å². The molecule has 7 heteroatoms. The summed E-state index contributed by atoms with van der Waals surface area (Å²) < 4.78 is 65.7. The fourth-order valence-electron chi connectivity index (χ4n) is 4.31. The standard InChI is InChI=1S/C18H29N3O3S/c1-3-8-21-12-15(20-25(23,24)19-4-2)9-14-10-16-13(11-17(14)21)6-5-7-18(16)22/h5-7,14-15,17,19-20,22H,3-4,8-12H2,1-2H3/t14-,15+,17-/m1/s1/i2D3,4D2. The van der Waals surface area contributed by atoms with Crippen molar-refractivity contribution in [2.75, 3.05) is 19.6 Å². The molecule has 140 valence electrons. The minimum Gasteiger partial charge on any atom is -0.508 e. The molecule has 1 saturated heterocycles. The quantitative estimate of drug-likeness (QED) is 0.705. The van der Waals surface area contributed by atoms with Crippen LogP contribution in [0.1, 0.15) is 44.6 Å². The Hall–Kier alpha value is -1.15. The van der Waals surface area contributed by atoms with Crippen LogP contribution in [0.3, 0.4) is 0 Å². The summed E-state index contributed by atoms with van der Waals surface area (Å²) in [6.45, 7) is -2.90. The third kappa shape index (κ3) is 4.16. The summed E-state index contributed by atoms with van der Waals surface area (Å²) in [5.41, 5.74) is 2.01. The number of rotatable bonds is 6. The normalized spacial score (nSPS) is 30.9. The smallest absolute Gasteiger partial charge is 0.277 e. The molecule has 3 N–H and O–H groups in total. The van der Waals surface area contributed by atoms with Crippen molar-refractivity contribution in [2.45, 2.75) is 51.5 Å². The number of nitrogens with zero attached hydrogens (tertiary/aromatic N) is 1. The van der Waals surface area contributed by atoms with Crippen molar-refractivity contribution >= 4 is 10.2 Å². The first-order chi connectivity index (χ1) is 13.8. The maximum Gasteiger partial charge on any atom is 0.277 e. The van der Waals surface area contributed by atoms with E-state index in [0.717, 1.165) is 30.5 Å². The van der Waals surface area contributed by atoms with Crippen molar-refractivity contribution in [2.24, 2.45) is 5.92 Å². The summed E-state index contributed by atoms with van der Waals surface area (Å²) in [5, 5.41) is 10.2. The van der Waals surface area contributed by atoms with Gasteiger partial charge in [0.15, 0.2) is 0 Å². The van der Waals surface area contributed by atoms with E-state index in [1.54, 1.807) is 10.8 Å². The Labute approximate surface area is 157 Å². The van der Waals surface area contributed by atoms with Gasteiger partial charge >= 0.3 is 0 Å². The van der Waals surface area contributed by atoms with E-state index in [1.165, 1.54) is 0 Å². The van der Waals surface area contributed by atoms with Crippen LogP contribution >= 0.6 is 0 Å². The number of piperidine rings is 1. The van der Waals surface area contributed by atoms with Gasteiger partial charge in [-0.2, -0.15) is 13.1 Å². The monoisotopic (exact) mass is 372 g/mol. The van der Waals surface area contributed by atoms with E-state index in [0.29, 0.717) is 19.4 Å². The van der Waals surface area contributed by atoms with E-state index in [4.69, 9.17) is 6.85 Å². The molecule has 1 fully saturated rings. The van der Waals surface area contributed by atoms with Gasteiger partial charge in [-0.25, -0.2) is 4.72 Å². The molecule has 0 radical (unpaired) electrons. The number of hydrogen-bond donors (Lipinski definition) is 3. The predicted molar refractivity (Wildman–Crippen MR) is 98.8 cm³/mol. The summed E-state index contributed by atoms with van der Waals surface area (Å²) in [4.78, 5) is 2.24. The lowest BCUT2D eigenvalue weighted by molar-refractivity contribution is 0.0682. The van der Waals surface area contributed by atoms with E-state index in [-0.39, 0.29) is 17.7 Å². The summed E-state index contributed by atoms with van der Waals surface area (Å²) in [6.07, 6.45) is 2.84. The molecule has 0 spiro atoms. The summed E-state index contributed by atoms with van der Waals surface area (Å²) >= 11 is 0. The molecule has 6 nitrogen and oxygen atoms in total. The number of phenolic OH excluding ortho intramolecular Hbond substituents is 1. The predicted octanol–water partition coefficient (Wildman–Crippen LogP) is 1.40. The number of benzene rings is 1. The van der Waals surface area contributed by atoms with E-state index >= 15 is 0 Å². The largest absolute Gasteiger partial charge is 0.508 e. The van der Waals surface area contributed by atoms with Gasteiger partial charge in [0.25, 0.3) is 10.2 Å². The molecule has 1 aromatic carbocycles. The Morgan fingerprint density at radius 3 is 3.04 bits per heavy atom. The van der Waals surface area contributed by atoms with E-state index in [2.05, 4.69) is 16.5 Å². The van der Waals surface area contributed by atoms with Gasteiger partial charge in [-0.15, -0.1) is 0 Å². The Bertz CT molecular complexity index is 878. The van der Waals surface area contributed by atoms with E-state index in [1.807, 2.05) is 12.1 Å². The summed E-state index contributed by atoms with van der Waals surface area (Å²) in [7, 11) is -4.38. The molecule has 1 aliphatic heterocycles. The van der Waals surface area contributed by atoms with E-state index in [9.17, 15) is 13.5 Å². The second kappa shape index (κ2) is 7.61. The van der Waals surface area contributed by atoms with Gasteiger partial charge < -0.3 is 5.11 Å². The van der Waals surface area contributed by atoms with Crippen molar-refractivity contribution < 1.29 is 20.4 Å². The first-order valence-corrected chi connectivity index (χ1v) is 10.2. The van der Waals surface area contributed by atoms with Gasteiger partial charge in [0, 0.05) is 32.0 Å². The van der Waals surface area contributed by atoms with Crippen LogP contribution in [0.5, 0.6) is 5.75 Å². The zero-order chi connectivity index (χ0) is 22.3. The SMILES string of the molecule is [2H]C([2H])([2H])C([2H])([2H])NS(=O)(=O)N[C@H]1C[C@@H]2Cc3c(O)cccc3C[C@H]2N(CCC)C1. The lowest BCUT2D eigenvalue weighted by Gasteiger charge is -2.47. The highest BCUT2D eigenvalue weighted by Gasteiger charge is 2.40. The highest BCUT2D eigenvalue weighted by atomic mass is 32.2. The number of phenols is 1. The third-order valence-electron chi connectivity index (χ3n) is 5.22. The molecule has 0 bridgehead atoms. The fourth-order valence-corrected chi connectivity index (χ4v) is 5.11. The van der Waals surface area contributed by atoms with Crippen LogP contribution in [-0.4, -0.2) is 50.1 Å². The number of nitrogens with one attached hydrogen (secondary N) is 2. The second-order valence-corrected chi connectivity index (χ2v) is 8.37. The average molecular weight is 373 g/mol. The molecular weight excluding hydrogens is 338 g/mol. The molecule has 0 amide bonds. The second-order valence-electron chi connectivity index (χ2n) is 6.93. The molecule has 3 rings (SSSR count). The van der Waals surface area contributed by atoms with Crippen LogP contribution in [0.2, 0.25) is 0 Å². The topological polar surface area (TPSA) is 81.7 Å². The molecule has 0 unspecified atom stereocenters. The zero-order valence-electron chi connectivity index (χ0n) is 19.3. The number of hydrogen-bond acceptors (Lipinski definition) is 4. The molecule has 1 aromatic rings. The average Bonchev–Trinajstić information content (AvgIpc) is 2.59. The van der Waals surface area contributed by atoms with Gasteiger partial charge in [-0.3, -0.25) is 4.90 Å². The van der Waals surface area contributed by atoms with Crippen molar-refractivity contribution in [3.8, 4) is 5.75 Å². The Balaban J connectivity index is 1.78.